The average Bonchev–Trinajstić information content (AvgIpc) is 2.45. The van der Waals surface area contributed by atoms with Gasteiger partial charge in [-0.05, 0) is 18.8 Å². The third kappa shape index (κ3) is 7.33. The fourth-order valence-corrected chi connectivity index (χ4v) is 2.21. The van der Waals surface area contributed by atoms with E-state index in [-0.39, 0.29) is 36.9 Å². The van der Waals surface area contributed by atoms with E-state index in [1.165, 1.54) is 19.3 Å². The number of urea groups is 1. The standard InChI is InChI=1S/C14H27N3O3/c1-11(10-18)9-16-13(19)7-8-15-14(20)17-12-5-3-2-4-6-12/h11-12,18H,2-10H2,1H3,(H,16,19)(H2,15,17,20)/t11-/m1/s1. The van der Waals surface area contributed by atoms with Crippen molar-refractivity contribution in [1.82, 2.24) is 16.0 Å². The minimum Gasteiger partial charge on any atom is -0.396 e. The lowest BCUT2D eigenvalue weighted by atomic mass is 9.96. The summed E-state index contributed by atoms with van der Waals surface area (Å²) in [4.78, 5) is 23.1. The number of aliphatic hydroxyl groups excluding tert-OH is 1. The number of rotatable bonds is 7. The van der Waals surface area contributed by atoms with Crippen LogP contribution in [0.2, 0.25) is 0 Å². The summed E-state index contributed by atoms with van der Waals surface area (Å²) in [5.74, 6) is -0.0511. The molecule has 0 aromatic heterocycles. The Hall–Kier alpha value is -1.30. The van der Waals surface area contributed by atoms with E-state index < -0.39 is 0 Å². The molecule has 1 rings (SSSR count). The monoisotopic (exact) mass is 285 g/mol. The molecule has 4 N–H and O–H groups in total. The van der Waals surface area contributed by atoms with E-state index in [1.807, 2.05) is 6.92 Å². The Kier molecular flexibility index (Phi) is 8.02. The first kappa shape index (κ1) is 16.8. The number of carbonyl (C=O) groups is 2. The van der Waals surface area contributed by atoms with E-state index >= 15 is 0 Å². The first-order valence-electron chi connectivity index (χ1n) is 7.53. The van der Waals surface area contributed by atoms with Crippen molar-refractivity contribution in [2.24, 2.45) is 5.92 Å². The molecule has 0 saturated heterocycles. The Labute approximate surface area is 120 Å². The van der Waals surface area contributed by atoms with Crippen LogP contribution in [0.4, 0.5) is 4.79 Å². The second-order valence-corrected chi connectivity index (χ2v) is 5.58. The number of nitrogens with one attached hydrogen (secondary N) is 3. The Morgan fingerprint density at radius 3 is 2.55 bits per heavy atom. The number of carbonyl (C=O) groups excluding carboxylic acids is 2. The molecule has 1 fully saturated rings. The summed E-state index contributed by atoms with van der Waals surface area (Å²) < 4.78 is 0. The van der Waals surface area contributed by atoms with Crippen molar-refractivity contribution >= 4 is 11.9 Å². The van der Waals surface area contributed by atoms with E-state index in [2.05, 4.69) is 16.0 Å². The van der Waals surface area contributed by atoms with Crippen molar-refractivity contribution in [2.75, 3.05) is 19.7 Å². The Bertz CT molecular complexity index is 304. The molecule has 0 aromatic rings. The fourth-order valence-electron chi connectivity index (χ4n) is 2.21. The van der Waals surface area contributed by atoms with Crippen LogP contribution in [-0.2, 0) is 4.79 Å². The van der Waals surface area contributed by atoms with Crippen molar-refractivity contribution in [3.63, 3.8) is 0 Å². The van der Waals surface area contributed by atoms with Gasteiger partial charge in [-0.1, -0.05) is 26.2 Å². The SMILES string of the molecule is C[C@@H](CO)CNC(=O)CCNC(=O)NC1CCCCC1. The third-order valence-corrected chi connectivity index (χ3v) is 3.54. The van der Waals surface area contributed by atoms with E-state index in [4.69, 9.17) is 5.11 Å². The smallest absolute Gasteiger partial charge is 0.315 e. The van der Waals surface area contributed by atoms with Crippen LogP contribution in [0.3, 0.4) is 0 Å². The topological polar surface area (TPSA) is 90.5 Å². The normalized spacial score (nSPS) is 17.3. The Balaban J connectivity index is 2.04. The van der Waals surface area contributed by atoms with Gasteiger partial charge in [0.05, 0.1) is 0 Å². The summed E-state index contributed by atoms with van der Waals surface area (Å²) in [6.45, 7) is 2.71. The molecule has 1 saturated carbocycles. The molecule has 0 bridgehead atoms. The molecule has 3 amide bonds. The Morgan fingerprint density at radius 1 is 1.20 bits per heavy atom. The van der Waals surface area contributed by atoms with Crippen LogP contribution in [0.1, 0.15) is 45.4 Å². The number of hydrogen-bond acceptors (Lipinski definition) is 3. The van der Waals surface area contributed by atoms with Gasteiger partial charge in [0, 0.05) is 32.2 Å². The number of hydrogen-bond donors (Lipinski definition) is 4. The Morgan fingerprint density at radius 2 is 1.90 bits per heavy atom. The molecular formula is C14H27N3O3. The van der Waals surface area contributed by atoms with Gasteiger partial charge in [-0.25, -0.2) is 4.79 Å². The molecule has 1 aliphatic carbocycles. The zero-order valence-corrected chi connectivity index (χ0v) is 12.3. The first-order chi connectivity index (χ1) is 9.61. The molecule has 1 atom stereocenters. The zero-order valence-electron chi connectivity index (χ0n) is 12.3. The lowest BCUT2D eigenvalue weighted by Gasteiger charge is -2.22. The average molecular weight is 285 g/mol. The summed E-state index contributed by atoms with van der Waals surface area (Å²) in [5, 5.41) is 17.2. The summed E-state index contributed by atoms with van der Waals surface area (Å²) in [7, 11) is 0. The summed E-state index contributed by atoms with van der Waals surface area (Å²) >= 11 is 0. The van der Waals surface area contributed by atoms with Gasteiger partial charge in [0.1, 0.15) is 0 Å². The summed E-state index contributed by atoms with van der Waals surface area (Å²) in [6.07, 6.45) is 5.97. The van der Waals surface area contributed by atoms with Gasteiger partial charge in [-0.3, -0.25) is 4.79 Å². The molecule has 0 heterocycles. The number of amides is 3. The van der Waals surface area contributed by atoms with Gasteiger partial charge in [0.15, 0.2) is 0 Å². The molecule has 6 nitrogen and oxygen atoms in total. The van der Waals surface area contributed by atoms with Crippen LogP contribution in [0.25, 0.3) is 0 Å². The fraction of sp³-hybridized carbons (Fsp3) is 0.857. The van der Waals surface area contributed by atoms with Gasteiger partial charge < -0.3 is 21.1 Å². The van der Waals surface area contributed by atoms with Crippen LogP contribution in [-0.4, -0.2) is 42.8 Å². The van der Waals surface area contributed by atoms with Gasteiger partial charge in [0.2, 0.25) is 5.91 Å². The maximum Gasteiger partial charge on any atom is 0.315 e. The van der Waals surface area contributed by atoms with Crippen LogP contribution >= 0.6 is 0 Å². The maximum absolute atomic E-state index is 11.6. The van der Waals surface area contributed by atoms with Gasteiger partial charge in [-0.15, -0.1) is 0 Å². The van der Waals surface area contributed by atoms with Crippen LogP contribution in [0.5, 0.6) is 0 Å². The van der Waals surface area contributed by atoms with Crippen LogP contribution in [0.15, 0.2) is 0 Å². The van der Waals surface area contributed by atoms with Crippen LogP contribution < -0.4 is 16.0 Å². The molecule has 0 aliphatic heterocycles. The molecule has 1 aliphatic rings. The van der Waals surface area contributed by atoms with Gasteiger partial charge in [0.25, 0.3) is 0 Å². The van der Waals surface area contributed by atoms with E-state index in [0.717, 1.165) is 12.8 Å². The first-order valence-corrected chi connectivity index (χ1v) is 7.53. The van der Waals surface area contributed by atoms with Gasteiger partial charge >= 0.3 is 6.03 Å². The highest BCUT2D eigenvalue weighted by Gasteiger charge is 2.15. The van der Waals surface area contributed by atoms with E-state index in [0.29, 0.717) is 13.1 Å². The lowest BCUT2D eigenvalue weighted by molar-refractivity contribution is -0.121. The summed E-state index contributed by atoms with van der Waals surface area (Å²) in [5.41, 5.74) is 0. The lowest BCUT2D eigenvalue weighted by Crippen LogP contribution is -2.44. The maximum atomic E-state index is 11.6. The second kappa shape index (κ2) is 9.58. The molecule has 20 heavy (non-hydrogen) atoms. The predicted octanol–water partition coefficient (Wildman–Crippen LogP) is 0.753. The zero-order chi connectivity index (χ0) is 14.8. The summed E-state index contributed by atoms with van der Waals surface area (Å²) in [6, 6.07) is 0.0939. The molecule has 116 valence electrons. The third-order valence-electron chi connectivity index (χ3n) is 3.54. The van der Waals surface area contributed by atoms with E-state index in [1.54, 1.807) is 0 Å². The number of aliphatic hydroxyl groups is 1. The van der Waals surface area contributed by atoms with Crippen molar-refractivity contribution in [3.8, 4) is 0 Å². The van der Waals surface area contributed by atoms with Crippen LogP contribution in [0, 0.1) is 5.92 Å². The van der Waals surface area contributed by atoms with Crippen molar-refractivity contribution in [1.29, 1.82) is 0 Å². The molecule has 0 radical (unpaired) electrons. The quantitative estimate of drug-likeness (QED) is 0.556. The predicted molar refractivity (Wildman–Crippen MR) is 77.3 cm³/mol. The van der Waals surface area contributed by atoms with Gasteiger partial charge in [-0.2, -0.15) is 0 Å². The van der Waals surface area contributed by atoms with Crippen molar-refractivity contribution in [2.45, 2.75) is 51.5 Å². The van der Waals surface area contributed by atoms with Crippen molar-refractivity contribution < 1.29 is 14.7 Å². The largest absolute Gasteiger partial charge is 0.396 e. The highest BCUT2D eigenvalue weighted by molar-refractivity contribution is 5.78. The van der Waals surface area contributed by atoms with Crippen molar-refractivity contribution in [3.05, 3.63) is 0 Å². The highest BCUT2D eigenvalue weighted by atomic mass is 16.3. The molecular weight excluding hydrogens is 258 g/mol. The second-order valence-electron chi connectivity index (χ2n) is 5.58. The molecule has 6 heteroatoms. The minimum absolute atomic E-state index is 0.0570. The molecule has 0 aromatic carbocycles. The van der Waals surface area contributed by atoms with E-state index in [9.17, 15) is 9.59 Å². The highest BCUT2D eigenvalue weighted by Crippen LogP contribution is 2.16. The molecule has 0 unspecified atom stereocenters. The minimum atomic E-state index is -0.187. The molecule has 0 spiro atoms.